The lowest BCUT2D eigenvalue weighted by atomic mass is 10.0. The second-order valence-electron chi connectivity index (χ2n) is 11.1. The molecule has 1 atom stereocenters. The molecule has 0 spiro atoms. The zero-order chi connectivity index (χ0) is 34.6. The second kappa shape index (κ2) is 14.0. The number of benzene rings is 2. The van der Waals surface area contributed by atoms with Crippen molar-refractivity contribution < 1.29 is 51.0 Å². The SMILES string of the molecule is COc1ccc([N+](=O)[O-])c(CCCN(C(=O)OC(C)(C)C)C(C)c2cc(F)ccc2Nc2cc(C(F)(F)F)c(F)cc2C(=O)O)n1. The van der Waals surface area contributed by atoms with Crippen LogP contribution >= 0.6 is 0 Å². The number of carboxylic acids is 1. The predicted octanol–water partition coefficient (Wildman–Crippen LogP) is 7.67. The second-order valence-corrected chi connectivity index (χ2v) is 11.1. The third kappa shape index (κ3) is 8.79. The number of ether oxygens (including phenoxy) is 2. The van der Waals surface area contributed by atoms with Gasteiger partial charge >= 0.3 is 18.2 Å². The van der Waals surface area contributed by atoms with Gasteiger partial charge in [0.15, 0.2) is 0 Å². The minimum atomic E-state index is -5.16. The minimum Gasteiger partial charge on any atom is -0.481 e. The maximum atomic E-state index is 14.6. The number of nitrogens with one attached hydrogen (secondary N) is 1. The van der Waals surface area contributed by atoms with E-state index in [1.807, 2.05) is 0 Å². The number of carbonyl (C=O) groups is 2. The van der Waals surface area contributed by atoms with Crippen molar-refractivity contribution in [2.24, 2.45) is 0 Å². The number of hydrogen-bond donors (Lipinski definition) is 2. The van der Waals surface area contributed by atoms with E-state index in [1.165, 1.54) is 31.1 Å². The normalized spacial score (nSPS) is 12.3. The number of hydrogen-bond acceptors (Lipinski definition) is 8. The van der Waals surface area contributed by atoms with Crippen LogP contribution in [-0.2, 0) is 17.3 Å². The number of carbonyl (C=O) groups excluding carboxylic acids is 1. The lowest BCUT2D eigenvalue weighted by Crippen LogP contribution is -2.39. The van der Waals surface area contributed by atoms with E-state index >= 15 is 0 Å². The number of rotatable bonds is 11. The van der Waals surface area contributed by atoms with Gasteiger partial charge < -0.3 is 24.8 Å². The summed E-state index contributed by atoms with van der Waals surface area (Å²) in [7, 11) is 1.34. The van der Waals surface area contributed by atoms with Crippen molar-refractivity contribution in [3.8, 4) is 5.88 Å². The largest absolute Gasteiger partial charge is 0.481 e. The summed E-state index contributed by atoms with van der Waals surface area (Å²) in [6.07, 6.45) is -5.92. The number of anilines is 2. The number of pyridine rings is 1. The number of aromatic nitrogens is 1. The summed E-state index contributed by atoms with van der Waals surface area (Å²) >= 11 is 0. The number of alkyl halides is 3. The third-order valence-electron chi connectivity index (χ3n) is 6.61. The van der Waals surface area contributed by atoms with Gasteiger partial charge in [-0.3, -0.25) is 10.1 Å². The molecule has 1 unspecified atom stereocenters. The highest BCUT2D eigenvalue weighted by Crippen LogP contribution is 2.38. The highest BCUT2D eigenvalue weighted by Gasteiger charge is 2.36. The van der Waals surface area contributed by atoms with Crippen LogP contribution in [0.2, 0.25) is 0 Å². The molecule has 0 aliphatic heterocycles. The molecule has 11 nitrogen and oxygen atoms in total. The molecule has 0 saturated heterocycles. The van der Waals surface area contributed by atoms with Gasteiger partial charge in [-0.25, -0.2) is 23.4 Å². The molecule has 248 valence electrons. The van der Waals surface area contributed by atoms with Gasteiger partial charge in [-0.15, -0.1) is 0 Å². The number of amides is 1. The van der Waals surface area contributed by atoms with E-state index in [-0.39, 0.29) is 60.0 Å². The fourth-order valence-corrected chi connectivity index (χ4v) is 4.50. The van der Waals surface area contributed by atoms with E-state index < -0.39 is 63.3 Å². The maximum absolute atomic E-state index is 14.6. The monoisotopic (exact) mass is 654 g/mol. The van der Waals surface area contributed by atoms with E-state index in [1.54, 1.807) is 20.8 Å². The predicted molar refractivity (Wildman–Crippen MR) is 155 cm³/mol. The van der Waals surface area contributed by atoms with Crippen LogP contribution in [0.15, 0.2) is 42.5 Å². The first-order valence-corrected chi connectivity index (χ1v) is 13.7. The molecule has 1 aromatic heterocycles. The van der Waals surface area contributed by atoms with Gasteiger partial charge in [-0.05, 0) is 70.9 Å². The molecule has 3 rings (SSSR count). The molecule has 0 saturated carbocycles. The van der Waals surface area contributed by atoms with E-state index in [2.05, 4.69) is 10.3 Å². The highest BCUT2D eigenvalue weighted by atomic mass is 19.4. The summed E-state index contributed by atoms with van der Waals surface area (Å²) in [6, 6.07) is 5.08. The molecule has 2 N–H and O–H groups in total. The Balaban J connectivity index is 2.04. The van der Waals surface area contributed by atoms with Crippen LogP contribution in [0.4, 0.5) is 43.8 Å². The van der Waals surface area contributed by atoms with Crippen molar-refractivity contribution in [3.63, 3.8) is 0 Å². The van der Waals surface area contributed by atoms with Crippen molar-refractivity contribution in [3.05, 3.63) is 86.6 Å². The molecule has 16 heteroatoms. The summed E-state index contributed by atoms with van der Waals surface area (Å²) in [4.78, 5) is 41.4. The Labute approximate surface area is 260 Å². The number of aromatic carboxylic acids is 1. The lowest BCUT2D eigenvalue weighted by molar-refractivity contribution is -0.386. The zero-order valence-electron chi connectivity index (χ0n) is 25.4. The van der Waals surface area contributed by atoms with Gasteiger partial charge in [0.2, 0.25) is 5.88 Å². The van der Waals surface area contributed by atoms with Crippen molar-refractivity contribution in [2.75, 3.05) is 19.0 Å². The van der Waals surface area contributed by atoms with E-state index in [0.29, 0.717) is 0 Å². The Bertz CT molecular complexity index is 1630. The van der Waals surface area contributed by atoms with Gasteiger partial charge in [0, 0.05) is 29.9 Å². The lowest BCUT2D eigenvalue weighted by Gasteiger charge is -2.33. The van der Waals surface area contributed by atoms with Crippen LogP contribution in [0.1, 0.15) is 67.3 Å². The summed E-state index contributed by atoms with van der Waals surface area (Å²) < 4.78 is 79.8. The Morgan fingerprint density at radius 3 is 2.33 bits per heavy atom. The summed E-state index contributed by atoms with van der Waals surface area (Å²) in [6.45, 7) is 6.17. The molecule has 1 heterocycles. The molecule has 0 aliphatic carbocycles. The first-order chi connectivity index (χ1) is 21.3. The number of nitrogens with zero attached hydrogens (tertiary/aromatic N) is 3. The van der Waals surface area contributed by atoms with E-state index in [4.69, 9.17) is 9.47 Å². The first-order valence-electron chi connectivity index (χ1n) is 13.7. The summed E-state index contributed by atoms with van der Waals surface area (Å²) in [5, 5.41) is 23.6. The summed E-state index contributed by atoms with van der Waals surface area (Å²) in [5.74, 6) is -4.20. The van der Waals surface area contributed by atoms with Crippen LogP contribution < -0.4 is 10.1 Å². The van der Waals surface area contributed by atoms with Gasteiger partial charge in [0.25, 0.3) is 5.69 Å². The Morgan fingerprint density at radius 1 is 1.09 bits per heavy atom. The average Bonchev–Trinajstić information content (AvgIpc) is 2.94. The van der Waals surface area contributed by atoms with Crippen LogP contribution in [0.25, 0.3) is 0 Å². The van der Waals surface area contributed by atoms with Gasteiger partial charge in [-0.1, -0.05) is 0 Å². The quantitative estimate of drug-likeness (QED) is 0.121. The number of nitro groups is 1. The topological polar surface area (TPSA) is 144 Å². The number of carboxylic acid groups (broad SMARTS) is 1. The standard InChI is InChI=1S/C30H31F5N4O7/c1-16(38(28(42)46-29(2,3)4)12-6-7-23-25(39(43)44)10-11-26(37-23)45-5)18-13-17(31)8-9-22(18)36-24-15-20(30(33,34)35)21(32)14-19(24)27(40)41/h8-11,13-16,36H,6-7,12H2,1-5H3,(H,40,41). The Kier molecular flexibility index (Phi) is 10.8. The Morgan fingerprint density at radius 2 is 1.76 bits per heavy atom. The maximum Gasteiger partial charge on any atom is 0.419 e. The minimum absolute atomic E-state index is 0.00516. The van der Waals surface area contributed by atoms with Crippen molar-refractivity contribution in [1.29, 1.82) is 0 Å². The molecule has 1 amide bonds. The molecule has 0 bridgehead atoms. The van der Waals surface area contributed by atoms with Gasteiger partial charge in [-0.2, -0.15) is 13.2 Å². The number of halogens is 5. The molecular weight excluding hydrogens is 623 g/mol. The number of methoxy groups -OCH3 is 1. The zero-order valence-corrected chi connectivity index (χ0v) is 25.4. The van der Waals surface area contributed by atoms with Crippen LogP contribution in [0.5, 0.6) is 5.88 Å². The molecular formula is C30H31F5N4O7. The fraction of sp³-hybridized carbons (Fsp3) is 0.367. The molecule has 3 aromatic rings. The molecule has 0 radical (unpaired) electrons. The smallest absolute Gasteiger partial charge is 0.419 e. The fourth-order valence-electron chi connectivity index (χ4n) is 4.50. The molecule has 46 heavy (non-hydrogen) atoms. The molecule has 0 aliphatic rings. The number of aryl methyl sites for hydroxylation is 1. The van der Waals surface area contributed by atoms with Crippen molar-refractivity contribution >= 4 is 29.1 Å². The van der Waals surface area contributed by atoms with Crippen molar-refractivity contribution in [1.82, 2.24) is 9.88 Å². The van der Waals surface area contributed by atoms with E-state index in [0.717, 1.165) is 18.2 Å². The average molecular weight is 655 g/mol. The van der Waals surface area contributed by atoms with Crippen LogP contribution in [-0.4, -0.2) is 51.2 Å². The first kappa shape index (κ1) is 35.5. The van der Waals surface area contributed by atoms with E-state index in [9.17, 15) is 46.8 Å². The third-order valence-corrected chi connectivity index (χ3v) is 6.61. The summed E-state index contributed by atoms with van der Waals surface area (Å²) in [5.41, 5.74) is -4.46. The molecule has 2 aromatic carbocycles. The van der Waals surface area contributed by atoms with Gasteiger partial charge in [0.05, 0.1) is 34.9 Å². The molecule has 0 fully saturated rings. The van der Waals surface area contributed by atoms with Crippen LogP contribution in [0.3, 0.4) is 0 Å². The van der Waals surface area contributed by atoms with Gasteiger partial charge in [0.1, 0.15) is 22.9 Å². The highest BCUT2D eigenvalue weighted by molar-refractivity contribution is 5.95. The van der Waals surface area contributed by atoms with Crippen LogP contribution in [0, 0.1) is 21.7 Å². The van der Waals surface area contributed by atoms with Crippen molar-refractivity contribution in [2.45, 2.75) is 58.4 Å². The Hall–Kier alpha value is -5.02.